The topological polar surface area (TPSA) is 84.0 Å². The first kappa shape index (κ1) is 20.4. The lowest BCUT2D eigenvalue weighted by Gasteiger charge is -2.09. The van der Waals surface area contributed by atoms with Gasteiger partial charge in [-0.15, -0.1) is 11.3 Å². The SMILES string of the molecule is CCc1nc(C)c2c(C)c(C(=O)NCC(=O)Nc3ccc(Br)cc3C)sc2n1. The van der Waals surface area contributed by atoms with Crippen LogP contribution in [0.15, 0.2) is 22.7 Å². The fourth-order valence-electron chi connectivity index (χ4n) is 2.97. The van der Waals surface area contributed by atoms with Crippen LogP contribution in [0.4, 0.5) is 5.69 Å². The lowest BCUT2D eigenvalue weighted by Crippen LogP contribution is -2.32. The molecule has 6 nitrogen and oxygen atoms in total. The molecule has 0 fully saturated rings. The van der Waals surface area contributed by atoms with E-state index in [2.05, 4.69) is 36.5 Å². The molecule has 0 radical (unpaired) electrons. The first-order valence-corrected chi connectivity index (χ1v) is 10.5. The highest BCUT2D eigenvalue weighted by atomic mass is 79.9. The summed E-state index contributed by atoms with van der Waals surface area (Å²) in [5, 5.41) is 6.44. The summed E-state index contributed by atoms with van der Waals surface area (Å²) in [6.45, 7) is 7.63. The van der Waals surface area contributed by atoms with Gasteiger partial charge in [0.2, 0.25) is 5.91 Å². The van der Waals surface area contributed by atoms with E-state index in [1.165, 1.54) is 11.3 Å². The molecule has 0 atom stereocenters. The number of carbonyl (C=O) groups excluding carboxylic acids is 2. The Morgan fingerprint density at radius 3 is 2.61 bits per heavy atom. The number of thiophene rings is 1. The van der Waals surface area contributed by atoms with Crippen LogP contribution in [-0.2, 0) is 11.2 Å². The molecule has 2 amide bonds. The first-order chi connectivity index (χ1) is 13.3. The Hall–Kier alpha value is -2.32. The van der Waals surface area contributed by atoms with E-state index in [1.54, 1.807) is 0 Å². The normalized spacial score (nSPS) is 10.9. The number of fused-ring (bicyclic) bond motifs is 1. The summed E-state index contributed by atoms with van der Waals surface area (Å²) < 4.78 is 0.946. The van der Waals surface area contributed by atoms with Crippen LogP contribution in [0.25, 0.3) is 10.2 Å². The van der Waals surface area contributed by atoms with Gasteiger partial charge in [0.05, 0.1) is 11.4 Å². The highest BCUT2D eigenvalue weighted by molar-refractivity contribution is 9.10. The summed E-state index contributed by atoms with van der Waals surface area (Å²) in [7, 11) is 0. The standard InChI is InChI=1S/C20H21BrN4O2S/c1-5-15-23-12(4)17-11(3)18(28-20(17)25-15)19(27)22-9-16(26)24-14-7-6-13(21)8-10(14)2/h6-8H,5,9H2,1-4H3,(H,22,27)(H,24,26). The third-order valence-electron chi connectivity index (χ3n) is 4.41. The van der Waals surface area contributed by atoms with Crippen LogP contribution < -0.4 is 10.6 Å². The average Bonchev–Trinajstić information content (AvgIpc) is 2.99. The summed E-state index contributed by atoms with van der Waals surface area (Å²) in [5.74, 6) is 0.213. The summed E-state index contributed by atoms with van der Waals surface area (Å²) in [6, 6.07) is 5.60. The summed E-state index contributed by atoms with van der Waals surface area (Å²) in [5.41, 5.74) is 3.38. The molecule has 0 unspecified atom stereocenters. The largest absolute Gasteiger partial charge is 0.342 e. The van der Waals surface area contributed by atoms with E-state index in [-0.39, 0.29) is 18.4 Å². The number of hydrogen-bond donors (Lipinski definition) is 2. The summed E-state index contributed by atoms with van der Waals surface area (Å²) in [4.78, 5) is 35.2. The van der Waals surface area contributed by atoms with Crippen molar-refractivity contribution in [3.8, 4) is 0 Å². The van der Waals surface area contributed by atoms with E-state index < -0.39 is 0 Å². The van der Waals surface area contributed by atoms with Crippen LogP contribution in [-0.4, -0.2) is 28.3 Å². The van der Waals surface area contributed by atoms with Crippen molar-refractivity contribution in [3.63, 3.8) is 0 Å². The molecule has 8 heteroatoms. The second-order valence-corrected chi connectivity index (χ2v) is 8.42. The van der Waals surface area contributed by atoms with Gasteiger partial charge in [0.25, 0.3) is 5.91 Å². The Morgan fingerprint density at radius 1 is 1.18 bits per heavy atom. The Balaban J connectivity index is 1.71. The molecule has 0 saturated carbocycles. The van der Waals surface area contributed by atoms with Crippen molar-refractivity contribution in [2.75, 3.05) is 11.9 Å². The van der Waals surface area contributed by atoms with E-state index >= 15 is 0 Å². The van der Waals surface area contributed by atoms with Gasteiger partial charge in [0.15, 0.2) is 0 Å². The maximum absolute atomic E-state index is 12.6. The molecule has 3 aromatic rings. The van der Waals surface area contributed by atoms with Crippen LogP contribution in [0.2, 0.25) is 0 Å². The van der Waals surface area contributed by atoms with E-state index in [9.17, 15) is 9.59 Å². The number of anilines is 1. The van der Waals surface area contributed by atoms with Gasteiger partial charge >= 0.3 is 0 Å². The molecule has 0 spiro atoms. The van der Waals surface area contributed by atoms with Gasteiger partial charge in [-0.1, -0.05) is 22.9 Å². The fraction of sp³-hybridized carbons (Fsp3) is 0.300. The lowest BCUT2D eigenvalue weighted by atomic mass is 10.1. The second-order valence-electron chi connectivity index (χ2n) is 6.51. The van der Waals surface area contributed by atoms with Crippen LogP contribution >= 0.6 is 27.3 Å². The molecule has 146 valence electrons. The predicted octanol–water partition coefficient (Wildman–Crippen LogP) is 4.31. The minimum absolute atomic E-state index is 0.104. The zero-order valence-electron chi connectivity index (χ0n) is 16.1. The number of hydrogen-bond acceptors (Lipinski definition) is 5. The molecule has 2 heterocycles. The van der Waals surface area contributed by atoms with Crippen molar-refractivity contribution in [3.05, 3.63) is 50.2 Å². The molecule has 0 aliphatic heterocycles. The zero-order valence-corrected chi connectivity index (χ0v) is 18.5. The number of amides is 2. The molecular formula is C20H21BrN4O2S. The number of benzene rings is 1. The maximum atomic E-state index is 12.6. The Labute approximate surface area is 175 Å². The maximum Gasteiger partial charge on any atom is 0.262 e. The average molecular weight is 461 g/mol. The third-order valence-corrected chi connectivity index (χ3v) is 6.09. The van der Waals surface area contributed by atoms with Gasteiger partial charge in [-0.05, 0) is 50.1 Å². The van der Waals surface area contributed by atoms with E-state index in [4.69, 9.17) is 0 Å². The van der Waals surface area contributed by atoms with Crippen molar-refractivity contribution >= 4 is 55.0 Å². The van der Waals surface area contributed by atoms with Crippen molar-refractivity contribution in [2.45, 2.75) is 34.1 Å². The molecule has 3 rings (SSSR count). The van der Waals surface area contributed by atoms with Gasteiger partial charge < -0.3 is 10.6 Å². The molecule has 2 N–H and O–H groups in total. The van der Waals surface area contributed by atoms with E-state index in [1.807, 2.05) is 45.9 Å². The van der Waals surface area contributed by atoms with Gasteiger partial charge in [-0.2, -0.15) is 0 Å². The lowest BCUT2D eigenvalue weighted by molar-refractivity contribution is -0.115. The van der Waals surface area contributed by atoms with Crippen LogP contribution in [0.3, 0.4) is 0 Å². The Kier molecular flexibility index (Phi) is 6.10. The van der Waals surface area contributed by atoms with Crippen molar-refractivity contribution in [1.29, 1.82) is 0 Å². The molecule has 1 aromatic carbocycles. The minimum atomic E-state index is -0.277. The van der Waals surface area contributed by atoms with Gasteiger partial charge in [-0.25, -0.2) is 9.97 Å². The first-order valence-electron chi connectivity index (χ1n) is 8.91. The Morgan fingerprint density at radius 2 is 1.93 bits per heavy atom. The van der Waals surface area contributed by atoms with Crippen molar-refractivity contribution < 1.29 is 9.59 Å². The van der Waals surface area contributed by atoms with Gasteiger partial charge in [0, 0.05) is 27.7 Å². The highest BCUT2D eigenvalue weighted by Gasteiger charge is 2.19. The molecular weight excluding hydrogens is 440 g/mol. The zero-order chi connectivity index (χ0) is 20.4. The minimum Gasteiger partial charge on any atom is -0.342 e. The molecule has 0 saturated heterocycles. The number of rotatable bonds is 5. The van der Waals surface area contributed by atoms with Crippen LogP contribution in [0, 0.1) is 20.8 Å². The third kappa shape index (κ3) is 4.23. The predicted molar refractivity (Wildman–Crippen MR) is 116 cm³/mol. The Bertz CT molecular complexity index is 1080. The fourth-order valence-corrected chi connectivity index (χ4v) is 4.61. The molecule has 28 heavy (non-hydrogen) atoms. The number of aryl methyl sites for hydroxylation is 4. The van der Waals surface area contributed by atoms with E-state index in [0.717, 1.165) is 49.4 Å². The highest BCUT2D eigenvalue weighted by Crippen LogP contribution is 2.31. The van der Waals surface area contributed by atoms with Crippen LogP contribution in [0.1, 0.15) is 39.2 Å². The number of nitrogens with one attached hydrogen (secondary N) is 2. The van der Waals surface area contributed by atoms with Crippen molar-refractivity contribution in [1.82, 2.24) is 15.3 Å². The van der Waals surface area contributed by atoms with Gasteiger partial charge in [-0.3, -0.25) is 9.59 Å². The number of nitrogens with zero attached hydrogens (tertiary/aromatic N) is 2. The smallest absolute Gasteiger partial charge is 0.262 e. The molecule has 0 aliphatic carbocycles. The van der Waals surface area contributed by atoms with Crippen LogP contribution in [0.5, 0.6) is 0 Å². The molecule has 0 aliphatic rings. The monoisotopic (exact) mass is 460 g/mol. The van der Waals surface area contributed by atoms with Crippen molar-refractivity contribution in [2.24, 2.45) is 0 Å². The number of carbonyl (C=O) groups is 2. The summed E-state index contributed by atoms with van der Waals surface area (Å²) in [6.07, 6.45) is 0.741. The second kappa shape index (κ2) is 8.36. The van der Waals surface area contributed by atoms with Gasteiger partial charge in [0.1, 0.15) is 10.7 Å². The molecule has 2 aromatic heterocycles. The number of aromatic nitrogens is 2. The van der Waals surface area contributed by atoms with E-state index in [0.29, 0.717) is 4.88 Å². The number of halogens is 1. The summed E-state index contributed by atoms with van der Waals surface area (Å²) >= 11 is 4.73. The quantitative estimate of drug-likeness (QED) is 0.593. The molecule has 0 bridgehead atoms.